The van der Waals surface area contributed by atoms with Crippen LogP contribution >= 0.6 is 11.6 Å². The first-order chi connectivity index (χ1) is 13.2. The van der Waals surface area contributed by atoms with Crippen LogP contribution in [-0.2, 0) is 10.0 Å². The number of nitrogens with zero attached hydrogens (tertiary/aromatic N) is 2. The van der Waals surface area contributed by atoms with Crippen molar-refractivity contribution in [1.82, 2.24) is 14.5 Å². The number of sulfonamides is 1. The summed E-state index contributed by atoms with van der Waals surface area (Å²) in [5.74, 6) is 0.153. The lowest BCUT2D eigenvalue weighted by atomic mass is 10.1. The first kappa shape index (κ1) is 18.2. The van der Waals surface area contributed by atoms with E-state index in [1.165, 1.54) is 0 Å². The molecule has 2 heterocycles. The number of aromatic amines is 1. The van der Waals surface area contributed by atoms with E-state index in [1.54, 1.807) is 53.1 Å². The zero-order chi connectivity index (χ0) is 20.1. The van der Waals surface area contributed by atoms with E-state index in [2.05, 4.69) is 14.7 Å². The summed E-state index contributed by atoms with van der Waals surface area (Å²) in [7, 11) is -3.48. The molecule has 0 fully saturated rings. The Morgan fingerprint density at radius 2 is 1.89 bits per heavy atom. The molecule has 0 spiro atoms. The standard InChI is InChI=1S/C18H13ClN4O4S/c1-28(26,27)22-12-3-2-4-13(9-12)23-15-6-5-11(19)7-10(15)8-14-16(23)20-18(25)21-17(14)24/h2-9,22H,1H3,(H,21,24,25). The van der Waals surface area contributed by atoms with Gasteiger partial charge in [0.15, 0.2) is 5.82 Å². The largest absolute Gasteiger partial charge is 0.349 e. The molecule has 0 bridgehead atoms. The summed E-state index contributed by atoms with van der Waals surface area (Å²) in [5, 5.41) is 1.14. The quantitative estimate of drug-likeness (QED) is 0.497. The van der Waals surface area contributed by atoms with Gasteiger partial charge in [0.1, 0.15) is 0 Å². The van der Waals surface area contributed by atoms with E-state index in [1.807, 2.05) is 0 Å². The second-order valence-corrected chi connectivity index (χ2v) is 8.40. The van der Waals surface area contributed by atoms with Crippen molar-refractivity contribution < 1.29 is 8.42 Å². The summed E-state index contributed by atoms with van der Waals surface area (Å²) in [6.45, 7) is 0. The number of H-pyrrole nitrogens is 1. The molecular weight excluding hydrogens is 404 g/mol. The summed E-state index contributed by atoms with van der Waals surface area (Å²) in [6, 6.07) is 13.3. The van der Waals surface area contributed by atoms with E-state index in [-0.39, 0.29) is 11.4 Å². The third-order valence-corrected chi connectivity index (χ3v) is 4.90. The summed E-state index contributed by atoms with van der Waals surface area (Å²) in [5.41, 5.74) is 0.352. The number of rotatable bonds is 3. The second-order valence-electron chi connectivity index (χ2n) is 6.22. The van der Waals surface area contributed by atoms with Crippen molar-refractivity contribution in [3.8, 4) is 17.1 Å². The van der Waals surface area contributed by atoms with Crippen LogP contribution in [0.5, 0.6) is 0 Å². The molecule has 142 valence electrons. The Hall–Kier alpha value is -3.17. The van der Waals surface area contributed by atoms with Gasteiger partial charge in [-0.3, -0.25) is 19.1 Å². The van der Waals surface area contributed by atoms with E-state index in [4.69, 9.17) is 11.6 Å². The zero-order valence-electron chi connectivity index (χ0n) is 14.4. The van der Waals surface area contributed by atoms with Gasteiger partial charge in [0.05, 0.1) is 23.0 Å². The summed E-state index contributed by atoms with van der Waals surface area (Å²) >= 11 is 6.09. The Balaban J connectivity index is 2.11. The van der Waals surface area contributed by atoms with Crippen LogP contribution in [0.25, 0.3) is 28.0 Å². The minimum atomic E-state index is -3.48. The molecule has 0 unspecified atom stereocenters. The van der Waals surface area contributed by atoms with Gasteiger partial charge in [0.25, 0.3) is 5.56 Å². The lowest BCUT2D eigenvalue weighted by Crippen LogP contribution is -2.27. The van der Waals surface area contributed by atoms with Crippen molar-refractivity contribution in [1.29, 1.82) is 0 Å². The van der Waals surface area contributed by atoms with Gasteiger partial charge >= 0.3 is 5.69 Å². The topological polar surface area (TPSA) is 114 Å². The van der Waals surface area contributed by atoms with Crippen LogP contribution in [-0.4, -0.2) is 29.2 Å². The van der Waals surface area contributed by atoms with Gasteiger partial charge in [-0.2, -0.15) is 4.98 Å². The van der Waals surface area contributed by atoms with Crippen molar-refractivity contribution in [3.63, 3.8) is 0 Å². The summed E-state index contributed by atoms with van der Waals surface area (Å²) < 4.78 is 27.2. The molecule has 0 aliphatic carbocycles. The number of anilines is 1. The monoisotopic (exact) mass is 416 g/mol. The van der Waals surface area contributed by atoms with Crippen LogP contribution in [0.1, 0.15) is 0 Å². The zero-order valence-corrected chi connectivity index (χ0v) is 16.0. The molecule has 0 atom stereocenters. The highest BCUT2D eigenvalue weighted by Crippen LogP contribution is 2.30. The fourth-order valence-electron chi connectivity index (χ4n) is 3.05. The Morgan fingerprint density at radius 1 is 1.11 bits per heavy atom. The number of pyridine rings is 1. The third-order valence-electron chi connectivity index (χ3n) is 4.06. The van der Waals surface area contributed by atoms with Gasteiger partial charge < -0.3 is 0 Å². The number of hydrogen-bond donors (Lipinski definition) is 2. The molecule has 0 radical (unpaired) electrons. The maximum atomic E-state index is 12.3. The Kier molecular flexibility index (Phi) is 4.20. The SMILES string of the molecule is CS(=O)(=O)Nc1cccc(-n2c3nc(=O)[nH]c(=O)c-3cc3cc(Cl)ccc32)c1. The predicted octanol–water partition coefficient (Wildman–Crippen LogP) is 2.20. The average molecular weight is 417 g/mol. The van der Waals surface area contributed by atoms with Gasteiger partial charge in [0.2, 0.25) is 10.0 Å². The molecule has 0 saturated carbocycles. The molecule has 2 aromatic carbocycles. The van der Waals surface area contributed by atoms with Crippen molar-refractivity contribution >= 4 is 38.2 Å². The molecular formula is C18H13ClN4O4S. The highest BCUT2D eigenvalue weighted by Gasteiger charge is 2.18. The number of hydrogen-bond acceptors (Lipinski definition) is 5. The molecule has 0 saturated heterocycles. The van der Waals surface area contributed by atoms with Gasteiger partial charge in [-0.15, -0.1) is 0 Å². The van der Waals surface area contributed by atoms with Gasteiger partial charge in [-0.05, 0) is 42.5 Å². The third kappa shape index (κ3) is 3.37. The van der Waals surface area contributed by atoms with Crippen LogP contribution < -0.4 is 16.0 Å². The van der Waals surface area contributed by atoms with Crippen molar-refractivity contribution in [2.45, 2.75) is 0 Å². The fraction of sp³-hybridized carbons (Fsp3) is 0.0556. The molecule has 2 aliphatic rings. The smallest absolute Gasteiger partial charge is 0.294 e. The first-order valence-electron chi connectivity index (χ1n) is 8.05. The Morgan fingerprint density at radius 3 is 2.64 bits per heavy atom. The molecule has 4 rings (SSSR count). The molecule has 10 heteroatoms. The van der Waals surface area contributed by atoms with Crippen LogP contribution in [0, 0.1) is 0 Å². The highest BCUT2D eigenvalue weighted by atomic mass is 35.5. The van der Waals surface area contributed by atoms with Crippen molar-refractivity contribution in [2.24, 2.45) is 0 Å². The van der Waals surface area contributed by atoms with E-state index in [9.17, 15) is 18.0 Å². The number of aromatic nitrogens is 3. The normalized spacial score (nSPS) is 11.8. The lowest BCUT2D eigenvalue weighted by Gasteiger charge is -2.18. The van der Waals surface area contributed by atoms with E-state index in [0.717, 1.165) is 6.26 Å². The molecule has 28 heavy (non-hydrogen) atoms. The van der Waals surface area contributed by atoms with Crippen LogP contribution in [0.2, 0.25) is 5.02 Å². The molecule has 2 aliphatic heterocycles. The van der Waals surface area contributed by atoms with E-state index in [0.29, 0.717) is 27.3 Å². The fourth-order valence-corrected chi connectivity index (χ4v) is 3.78. The predicted molar refractivity (Wildman–Crippen MR) is 108 cm³/mol. The van der Waals surface area contributed by atoms with Crippen LogP contribution in [0.3, 0.4) is 0 Å². The maximum absolute atomic E-state index is 12.3. The Labute approximate surface area is 163 Å². The second kappa shape index (κ2) is 6.47. The van der Waals surface area contributed by atoms with Crippen molar-refractivity contribution in [2.75, 3.05) is 11.0 Å². The maximum Gasteiger partial charge on any atom is 0.349 e. The minimum absolute atomic E-state index is 0.153. The minimum Gasteiger partial charge on any atom is -0.294 e. The summed E-state index contributed by atoms with van der Waals surface area (Å²) in [4.78, 5) is 30.3. The number of nitrogens with one attached hydrogen (secondary N) is 2. The van der Waals surface area contributed by atoms with E-state index < -0.39 is 21.3 Å². The molecule has 2 aromatic rings. The summed E-state index contributed by atoms with van der Waals surface area (Å²) in [6.07, 6.45) is 1.05. The highest BCUT2D eigenvalue weighted by molar-refractivity contribution is 7.92. The molecule has 0 aromatic heterocycles. The lowest BCUT2D eigenvalue weighted by molar-refractivity contribution is 0.607. The van der Waals surface area contributed by atoms with Gasteiger partial charge in [-0.25, -0.2) is 13.2 Å². The van der Waals surface area contributed by atoms with Crippen LogP contribution in [0.4, 0.5) is 5.69 Å². The number of benzene rings is 2. The van der Waals surface area contributed by atoms with Crippen molar-refractivity contribution in [3.05, 3.63) is 74.4 Å². The first-order valence-corrected chi connectivity index (χ1v) is 10.3. The number of halogens is 1. The van der Waals surface area contributed by atoms with Crippen LogP contribution in [0.15, 0.2) is 58.1 Å². The molecule has 0 amide bonds. The Bertz CT molecular complexity index is 1430. The van der Waals surface area contributed by atoms with E-state index >= 15 is 0 Å². The van der Waals surface area contributed by atoms with Gasteiger partial charge in [-0.1, -0.05) is 17.7 Å². The molecule has 2 N–H and O–H groups in total. The molecule has 8 nitrogen and oxygen atoms in total. The van der Waals surface area contributed by atoms with Gasteiger partial charge in [0, 0.05) is 16.1 Å². The number of fused-ring (bicyclic) bond motifs is 2. The average Bonchev–Trinajstić information content (AvgIpc) is 2.59.